The van der Waals surface area contributed by atoms with Crippen molar-refractivity contribution in [2.75, 3.05) is 0 Å². The molecule has 0 aliphatic carbocycles. The predicted molar refractivity (Wildman–Crippen MR) is 48.8 cm³/mol. The molecule has 0 radical (unpaired) electrons. The SMILES string of the molecule is CC1CCCCC(Br)C(=O)N1. The molecule has 2 unspecified atom stereocenters. The van der Waals surface area contributed by atoms with Gasteiger partial charge in [0.1, 0.15) is 0 Å². The Labute approximate surface area is 75.9 Å². The van der Waals surface area contributed by atoms with Crippen LogP contribution < -0.4 is 5.32 Å². The summed E-state index contributed by atoms with van der Waals surface area (Å²) in [5, 5.41) is 2.95. The quantitative estimate of drug-likeness (QED) is 0.620. The van der Waals surface area contributed by atoms with Crippen LogP contribution in [0.3, 0.4) is 0 Å². The minimum absolute atomic E-state index is 0.0326. The third kappa shape index (κ3) is 2.81. The van der Waals surface area contributed by atoms with Gasteiger partial charge >= 0.3 is 0 Å². The lowest BCUT2D eigenvalue weighted by atomic mass is 10.0. The zero-order valence-corrected chi connectivity index (χ0v) is 8.36. The Bertz CT molecular complexity index is 149. The Morgan fingerprint density at radius 2 is 2.09 bits per heavy atom. The lowest BCUT2D eigenvalue weighted by Crippen LogP contribution is -2.39. The molecule has 0 aromatic rings. The molecule has 1 rings (SSSR count). The monoisotopic (exact) mass is 219 g/mol. The summed E-state index contributed by atoms with van der Waals surface area (Å²) in [4.78, 5) is 11.3. The molecule has 1 saturated heterocycles. The molecular weight excluding hydrogens is 206 g/mol. The van der Waals surface area contributed by atoms with Crippen LogP contribution in [0.25, 0.3) is 0 Å². The molecule has 0 bridgehead atoms. The Kier molecular flexibility index (Phi) is 3.37. The summed E-state index contributed by atoms with van der Waals surface area (Å²) in [7, 11) is 0. The number of carbonyl (C=O) groups excluding carboxylic acids is 1. The van der Waals surface area contributed by atoms with Crippen LogP contribution in [-0.4, -0.2) is 16.8 Å². The van der Waals surface area contributed by atoms with Gasteiger partial charge in [-0.3, -0.25) is 4.79 Å². The van der Waals surface area contributed by atoms with Crippen molar-refractivity contribution in [3.8, 4) is 0 Å². The molecule has 1 amide bonds. The largest absolute Gasteiger partial charge is 0.353 e. The fraction of sp³-hybridized carbons (Fsp3) is 0.875. The average Bonchev–Trinajstić information content (AvgIpc) is 1.95. The molecule has 1 aliphatic heterocycles. The molecule has 1 aliphatic rings. The summed E-state index contributed by atoms with van der Waals surface area (Å²) in [5.74, 6) is 0.150. The van der Waals surface area contributed by atoms with E-state index >= 15 is 0 Å². The topological polar surface area (TPSA) is 29.1 Å². The van der Waals surface area contributed by atoms with Crippen LogP contribution in [-0.2, 0) is 4.79 Å². The molecule has 11 heavy (non-hydrogen) atoms. The van der Waals surface area contributed by atoms with E-state index in [-0.39, 0.29) is 10.7 Å². The highest BCUT2D eigenvalue weighted by molar-refractivity contribution is 9.10. The number of hydrogen-bond donors (Lipinski definition) is 1. The van der Waals surface area contributed by atoms with E-state index in [1.54, 1.807) is 0 Å². The van der Waals surface area contributed by atoms with Crippen LogP contribution in [0.2, 0.25) is 0 Å². The van der Waals surface area contributed by atoms with Gasteiger partial charge in [0.25, 0.3) is 0 Å². The molecule has 0 saturated carbocycles. The number of hydrogen-bond acceptors (Lipinski definition) is 1. The molecular formula is C8H14BrNO. The summed E-state index contributed by atoms with van der Waals surface area (Å²) in [6, 6.07) is 0.350. The summed E-state index contributed by atoms with van der Waals surface area (Å²) in [5.41, 5.74) is 0. The van der Waals surface area contributed by atoms with Crippen molar-refractivity contribution in [3.05, 3.63) is 0 Å². The van der Waals surface area contributed by atoms with Crippen molar-refractivity contribution in [2.24, 2.45) is 0 Å². The Morgan fingerprint density at radius 3 is 2.82 bits per heavy atom. The lowest BCUT2D eigenvalue weighted by molar-refractivity contribution is -0.121. The fourth-order valence-corrected chi connectivity index (χ4v) is 1.77. The molecule has 0 aromatic carbocycles. The first-order valence-electron chi connectivity index (χ1n) is 4.14. The molecule has 1 fully saturated rings. The van der Waals surface area contributed by atoms with Crippen LogP contribution in [0.4, 0.5) is 0 Å². The van der Waals surface area contributed by atoms with Crippen LogP contribution in [0.5, 0.6) is 0 Å². The Hall–Kier alpha value is -0.0500. The summed E-state index contributed by atoms with van der Waals surface area (Å²) < 4.78 is 0. The van der Waals surface area contributed by atoms with Gasteiger partial charge in [0.15, 0.2) is 0 Å². The molecule has 2 atom stereocenters. The summed E-state index contributed by atoms with van der Waals surface area (Å²) in [6.45, 7) is 2.06. The first-order chi connectivity index (χ1) is 5.20. The van der Waals surface area contributed by atoms with Crippen molar-refractivity contribution in [1.29, 1.82) is 0 Å². The average molecular weight is 220 g/mol. The molecule has 1 N–H and O–H groups in total. The predicted octanol–water partition coefficient (Wildman–Crippen LogP) is 1.83. The number of carbonyl (C=O) groups is 1. The van der Waals surface area contributed by atoms with Gasteiger partial charge in [-0.25, -0.2) is 0 Å². The summed E-state index contributed by atoms with van der Waals surface area (Å²) >= 11 is 3.35. The van der Waals surface area contributed by atoms with Crippen LogP contribution in [0.15, 0.2) is 0 Å². The van der Waals surface area contributed by atoms with Gasteiger partial charge in [0.05, 0.1) is 4.83 Å². The maximum Gasteiger partial charge on any atom is 0.233 e. The Balaban J connectivity index is 2.45. The second kappa shape index (κ2) is 4.10. The lowest BCUT2D eigenvalue weighted by Gasteiger charge is -2.19. The van der Waals surface area contributed by atoms with E-state index in [9.17, 15) is 4.79 Å². The smallest absolute Gasteiger partial charge is 0.233 e. The third-order valence-electron chi connectivity index (χ3n) is 2.02. The first kappa shape index (κ1) is 9.04. The van der Waals surface area contributed by atoms with Gasteiger partial charge in [-0.2, -0.15) is 0 Å². The zero-order chi connectivity index (χ0) is 8.27. The normalized spacial score (nSPS) is 33.8. The fourth-order valence-electron chi connectivity index (χ4n) is 1.31. The maximum absolute atomic E-state index is 11.2. The number of alkyl halides is 1. The van der Waals surface area contributed by atoms with Crippen molar-refractivity contribution in [3.63, 3.8) is 0 Å². The van der Waals surface area contributed by atoms with Gasteiger partial charge in [-0.05, 0) is 19.8 Å². The number of nitrogens with one attached hydrogen (secondary N) is 1. The minimum Gasteiger partial charge on any atom is -0.353 e. The number of amides is 1. The first-order valence-corrected chi connectivity index (χ1v) is 5.06. The van der Waals surface area contributed by atoms with Crippen molar-refractivity contribution in [1.82, 2.24) is 5.32 Å². The second-order valence-corrected chi connectivity index (χ2v) is 4.27. The Morgan fingerprint density at radius 1 is 1.45 bits per heavy atom. The molecule has 2 nitrogen and oxygen atoms in total. The van der Waals surface area contributed by atoms with E-state index in [0.29, 0.717) is 6.04 Å². The van der Waals surface area contributed by atoms with E-state index in [2.05, 4.69) is 28.2 Å². The van der Waals surface area contributed by atoms with Crippen LogP contribution >= 0.6 is 15.9 Å². The van der Waals surface area contributed by atoms with E-state index in [0.717, 1.165) is 19.3 Å². The maximum atomic E-state index is 11.2. The van der Waals surface area contributed by atoms with E-state index in [1.165, 1.54) is 6.42 Å². The third-order valence-corrected chi connectivity index (χ3v) is 2.89. The molecule has 3 heteroatoms. The van der Waals surface area contributed by atoms with Gasteiger partial charge in [-0.1, -0.05) is 28.8 Å². The van der Waals surface area contributed by atoms with Gasteiger partial charge < -0.3 is 5.32 Å². The van der Waals surface area contributed by atoms with Gasteiger partial charge in [-0.15, -0.1) is 0 Å². The molecule has 0 aromatic heterocycles. The highest BCUT2D eigenvalue weighted by Gasteiger charge is 2.18. The number of halogens is 1. The highest BCUT2D eigenvalue weighted by atomic mass is 79.9. The molecule has 0 spiro atoms. The zero-order valence-electron chi connectivity index (χ0n) is 6.77. The van der Waals surface area contributed by atoms with E-state index < -0.39 is 0 Å². The van der Waals surface area contributed by atoms with E-state index in [4.69, 9.17) is 0 Å². The minimum atomic E-state index is 0.0326. The second-order valence-electron chi connectivity index (χ2n) is 3.16. The molecule has 64 valence electrons. The summed E-state index contributed by atoms with van der Waals surface area (Å²) in [6.07, 6.45) is 4.47. The van der Waals surface area contributed by atoms with Gasteiger partial charge in [0.2, 0.25) is 5.91 Å². The van der Waals surface area contributed by atoms with Crippen LogP contribution in [0.1, 0.15) is 32.6 Å². The van der Waals surface area contributed by atoms with Crippen LogP contribution in [0, 0.1) is 0 Å². The van der Waals surface area contributed by atoms with Crippen molar-refractivity contribution < 1.29 is 4.79 Å². The molecule has 1 heterocycles. The van der Waals surface area contributed by atoms with Crippen molar-refractivity contribution in [2.45, 2.75) is 43.5 Å². The highest BCUT2D eigenvalue weighted by Crippen LogP contribution is 2.15. The van der Waals surface area contributed by atoms with Gasteiger partial charge in [0, 0.05) is 6.04 Å². The standard InChI is InChI=1S/C8H14BrNO/c1-6-4-2-3-5-7(9)8(11)10-6/h6-7H,2-5H2,1H3,(H,10,11). The van der Waals surface area contributed by atoms with Crippen molar-refractivity contribution >= 4 is 21.8 Å². The van der Waals surface area contributed by atoms with E-state index in [1.807, 2.05) is 0 Å². The number of rotatable bonds is 0.